The Hall–Kier alpha value is -3.87. The van der Waals surface area contributed by atoms with Gasteiger partial charge < -0.3 is 18.9 Å². The number of imidazole rings is 1. The second-order valence-electron chi connectivity index (χ2n) is 7.60. The first-order chi connectivity index (χ1) is 15.5. The third-order valence-corrected chi connectivity index (χ3v) is 5.93. The largest absolute Gasteiger partial charge is 0.466 e. The van der Waals surface area contributed by atoms with Crippen LogP contribution < -0.4 is 0 Å². The van der Waals surface area contributed by atoms with E-state index in [9.17, 15) is 9.59 Å². The smallest absolute Gasteiger partial charge is 0.336 e. The molecule has 7 nitrogen and oxygen atoms in total. The van der Waals surface area contributed by atoms with E-state index in [2.05, 4.69) is 4.98 Å². The molecular formula is C25H25N3O4. The van der Waals surface area contributed by atoms with Gasteiger partial charge in [0, 0.05) is 11.4 Å². The number of carbonyl (C=O) groups is 2. The molecule has 0 spiro atoms. The van der Waals surface area contributed by atoms with Crippen LogP contribution in [-0.2, 0) is 25.7 Å². The van der Waals surface area contributed by atoms with Gasteiger partial charge >= 0.3 is 11.9 Å². The molecule has 164 valence electrons. The van der Waals surface area contributed by atoms with Gasteiger partial charge in [-0.15, -0.1) is 0 Å². The van der Waals surface area contributed by atoms with Gasteiger partial charge in [0.2, 0.25) is 0 Å². The average molecular weight is 431 g/mol. The molecule has 2 aromatic carbocycles. The van der Waals surface area contributed by atoms with Crippen LogP contribution in [0.4, 0.5) is 0 Å². The summed E-state index contributed by atoms with van der Waals surface area (Å²) in [5.74, 6) is -1.55. The van der Waals surface area contributed by atoms with E-state index >= 15 is 0 Å². The first-order valence-electron chi connectivity index (χ1n) is 10.3. The quantitative estimate of drug-likeness (QED) is 0.569. The molecule has 0 amide bonds. The summed E-state index contributed by atoms with van der Waals surface area (Å²) in [5, 5.41) is 0. The van der Waals surface area contributed by atoms with E-state index in [0.29, 0.717) is 29.2 Å². The SMILES string of the molecule is COC(=O)C1=C(C)N(Cn2cnc3ccccc32)C(C)=C(C(=O)OC)C1c1ccccc1. The van der Waals surface area contributed by atoms with Crippen molar-refractivity contribution in [3.05, 3.63) is 89.0 Å². The number of hydrogen-bond donors (Lipinski definition) is 0. The van der Waals surface area contributed by atoms with Gasteiger partial charge in [-0.2, -0.15) is 0 Å². The Morgan fingerprint density at radius 2 is 1.44 bits per heavy atom. The van der Waals surface area contributed by atoms with E-state index in [1.165, 1.54) is 14.2 Å². The predicted octanol–water partition coefficient (Wildman–Crippen LogP) is 3.99. The third kappa shape index (κ3) is 3.56. The molecule has 32 heavy (non-hydrogen) atoms. The Morgan fingerprint density at radius 1 is 0.875 bits per heavy atom. The number of methoxy groups -OCH3 is 2. The van der Waals surface area contributed by atoms with Crippen LogP contribution in [0, 0.1) is 0 Å². The minimum absolute atomic E-state index is 0.376. The lowest BCUT2D eigenvalue weighted by Gasteiger charge is -2.37. The average Bonchev–Trinajstić information content (AvgIpc) is 3.24. The number of aromatic nitrogens is 2. The highest BCUT2D eigenvalue weighted by atomic mass is 16.5. The maximum atomic E-state index is 13.0. The molecule has 0 aliphatic carbocycles. The van der Waals surface area contributed by atoms with Crippen LogP contribution in [0.15, 0.2) is 83.5 Å². The zero-order valence-electron chi connectivity index (χ0n) is 18.5. The Morgan fingerprint density at radius 3 is 2.03 bits per heavy atom. The number of esters is 2. The molecule has 0 bridgehead atoms. The molecule has 0 atom stereocenters. The lowest BCUT2D eigenvalue weighted by Crippen LogP contribution is -2.36. The second-order valence-corrected chi connectivity index (χ2v) is 7.60. The van der Waals surface area contributed by atoms with Crippen molar-refractivity contribution >= 4 is 23.0 Å². The third-order valence-electron chi connectivity index (χ3n) is 5.93. The monoisotopic (exact) mass is 431 g/mol. The van der Waals surface area contributed by atoms with Crippen molar-refractivity contribution in [2.75, 3.05) is 14.2 Å². The summed E-state index contributed by atoms with van der Waals surface area (Å²) in [6.45, 7) is 4.12. The number of nitrogens with zero attached hydrogens (tertiary/aromatic N) is 3. The summed E-state index contributed by atoms with van der Waals surface area (Å²) in [6.07, 6.45) is 1.75. The first-order valence-corrected chi connectivity index (χ1v) is 10.3. The molecule has 0 saturated heterocycles. The Kier molecular flexibility index (Phi) is 5.81. The molecule has 1 aromatic heterocycles. The van der Waals surface area contributed by atoms with E-state index in [4.69, 9.17) is 9.47 Å². The second kappa shape index (κ2) is 8.70. The number of para-hydroxylation sites is 2. The zero-order valence-corrected chi connectivity index (χ0v) is 18.5. The van der Waals surface area contributed by atoms with E-state index in [-0.39, 0.29) is 0 Å². The fraction of sp³-hybridized carbons (Fsp3) is 0.240. The molecular weight excluding hydrogens is 406 g/mol. The highest BCUT2D eigenvalue weighted by molar-refractivity contribution is 5.99. The Labute approximate surface area is 186 Å². The van der Waals surface area contributed by atoms with Crippen molar-refractivity contribution in [1.29, 1.82) is 0 Å². The van der Waals surface area contributed by atoms with Crippen LogP contribution in [-0.4, -0.2) is 40.6 Å². The zero-order chi connectivity index (χ0) is 22.8. The van der Waals surface area contributed by atoms with Crippen molar-refractivity contribution < 1.29 is 19.1 Å². The molecule has 0 radical (unpaired) electrons. The molecule has 0 N–H and O–H groups in total. The summed E-state index contributed by atoms with van der Waals surface area (Å²) < 4.78 is 12.3. The molecule has 0 saturated carbocycles. The molecule has 2 heterocycles. The van der Waals surface area contributed by atoms with Gasteiger partial charge in [0.25, 0.3) is 0 Å². The standard InChI is InChI=1S/C25H25N3O4/c1-16-21(24(29)31-3)23(18-10-6-5-7-11-18)22(25(30)32-4)17(2)28(16)15-27-14-26-19-12-8-9-13-20(19)27/h5-14,23H,15H2,1-4H3. The number of ether oxygens (including phenoxy) is 2. The lowest BCUT2D eigenvalue weighted by atomic mass is 9.80. The minimum Gasteiger partial charge on any atom is -0.466 e. The van der Waals surface area contributed by atoms with Crippen LogP contribution >= 0.6 is 0 Å². The fourth-order valence-corrected chi connectivity index (χ4v) is 4.32. The van der Waals surface area contributed by atoms with Gasteiger partial charge in [0.15, 0.2) is 0 Å². The topological polar surface area (TPSA) is 73.7 Å². The van der Waals surface area contributed by atoms with E-state index in [0.717, 1.165) is 16.6 Å². The molecule has 0 fully saturated rings. The summed E-state index contributed by atoms with van der Waals surface area (Å²) in [7, 11) is 2.70. The van der Waals surface area contributed by atoms with Crippen molar-refractivity contribution in [2.24, 2.45) is 0 Å². The minimum atomic E-state index is -0.591. The summed E-state index contributed by atoms with van der Waals surface area (Å²) >= 11 is 0. The van der Waals surface area contributed by atoms with Crippen LogP contribution in [0.25, 0.3) is 11.0 Å². The summed E-state index contributed by atoms with van der Waals surface area (Å²) in [5.41, 5.74) is 4.90. The fourth-order valence-electron chi connectivity index (χ4n) is 4.32. The van der Waals surface area contributed by atoms with E-state index in [1.54, 1.807) is 6.33 Å². The Bertz CT molecular complexity index is 1200. The molecule has 3 aromatic rings. The van der Waals surface area contributed by atoms with Gasteiger partial charge in [-0.05, 0) is 31.5 Å². The number of fused-ring (bicyclic) bond motifs is 1. The highest BCUT2D eigenvalue weighted by Crippen LogP contribution is 2.43. The van der Waals surface area contributed by atoms with Crippen molar-refractivity contribution in [2.45, 2.75) is 26.4 Å². The maximum Gasteiger partial charge on any atom is 0.336 e. The van der Waals surface area contributed by atoms with Crippen LogP contribution in [0.1, 0.15) is 25.3 Å². The van der Waals surface area contributed by atoms with Crippen LogP contribution in [0.3, 0.4) is 0 Å². The molecule has 0 unspecified atom stereocenters. The van der Waals surface area contributed by atoms with Gasteiger partial charge in [0.05, 0.1) is 48.6 Å². The van der Waals surface area contributed by atoms with E-state index in [1.807, 2.05) is 77.9 Å². The van der Waals surface area contributed by atoms with Crippen molar-refractivity contribution in [3.8, 4) is 0 Å². The summed E-state index contributed by atoms with van der Waals surface area (Å²) in [4.78, 5) is 32.4. The highest BCUT2D eigenvalue weighted by Gasteiger charge is 2.40. The van der Waals surface area contributed by atoms with Gasteiger partial charge in [-0.1, -0.05) is 42.5 Å². The number of hydrogen-bond acceptors (Lipinski definition) is 6. The van der Waals surface area contributed by atoms with Crippen LogP contribution in [0.2, 0.25) is 0 Å². The number of allylic oxidation sites excluding steroid dienone is 2. The summed E-state index contributed by atoms with van der Waals surface area (Å²) in [6, 6.07) is 17.3. The normalized spacial score (nSPS) is 14.8. The first kappa shape index (κ1) is 21.4. The van der Waals surface area contributed by atoms with Crippen LogP contribution in [0.5, 0.6) is 0 Å². The van der Waals surface area contributed by atoms with Gasteiger partial charge in [-0.3, -0.25) is 0 Å². The van der Waals surface area contributed by atoms with Gasteiger partial charge in [0.1, 0.15) is 6.67 Å². The molecule has 7 heteroatoms. The molecule has 1 aliphatic rings. The number of carbonyl (C=O) groups excluding carboxylic acids is 2. The number of benzene rings is 2. The van der Waals surface area contributed by atoms with Crippen molar-refractivity contribution in [3.63, 3.8) is 0 Å². The van der Waals surface area contributed by atoms with Gasteiger partial charge in [-0.25, -0.2) is 14.6 Å². The van der Waals surface area contributed by atoms with E-state index < -0.39 is 17.9 Å². The molecule has 1 aliphatic heterocycles. The predicted molar refractivity (Wildman–Crippen MR) is 120 cm³/mol. The number of rotatable bonds is 5. The Balaban J connectivity index is 1.90. The molecule has 4 rings (SSSR count). The lowest BCUT2D eigenvalue weighted by molar-refractivity contribution is -0.137. The maximum absolute atomic E-state index is 13.0. The van der Waals surface area contributed by atoms with Crippen molar-refractivity contribution in [1.82, 2.24) is 14.5 Å².